The molecule has 0 fully saturated rings. The molecule has 0 amide bonds. The van der Waals surface area contributed by atoms with Crippen molar-refractivity contribution >= 4 is 22.6 Å². The van der Waals surface area contributed by atoms with Crippen molar-refractivity contribution in [3.63, 3.8) is 0 Å². The Kier molecular flexibility index (Phi) is 4.42. The average molecular weight is 394 g/mol. The third-order valence-electron chi connectivity index (χ3n) is 2.56. The Hall–Kier alpha value is -1.44. The number of methoxy groups -OCH3 is 1. The van der Waals surface area contributed by atoms with E-state index in [1.165, 1.54) is 12.1 Å². The number of halogens is 4. The summed E-state index contributed by atoms with van der Waals surface area (Å²) in [6.07, 6.45) is -4.34. The maximum Gasteiger partial charge on any atom is 0.416 e. The van der Waals surface area contributed by atoms with Gasteiger partial charge >= 0.3 is 6.18 Å². The molecule has 0 saturated heterocycles. The lowest BCUT2D eigenvalue weighted by molar-refractivity contribution is -0.137. The SMILES string of the molecule is COc1cccc(Oc2ccc(C(F)(F)F)cc2)c1I. The summed E-state index contributed by atoms with van der Waals surface area (Å²) in [6.45, 7) is 0. The van der Waals surface area contributed by atoms with E-state index in [1.54, 1.807) is 25.3 Å². The van der Waals surface area contributed by atoms with Gasteiger partial charge in [0.05, 0.1) is 16.2 Å². The van der Waals surface area contributed by atoms with Crippen LogP contribution in [0, 0.1) is 3.57 Å². The van der Waals surface area contributed by atoms with Crippen molar-refractivity contribution in [1.82, 2.24) is 0 Å². The quantitative estimate of drug-likeness (QED) is 0.674. The third kappa shape index (κ3) is 3.36. The van der Waals surface area contributed by atoms with Crippen molar-refractivity contribution in [2.24, 2.45) is 0 Å². The minimum atomic E-state index is -4.34. The van der Waals surface area contributed by atoms with Gasteiger partial charge in [0.2, 0.25) is 0 Å². The van der Waals surface area contributed by atoms with Crippen LogP contribution in [0.15, 0.2) is 42.5 Å². The summed E-state index contributed by atoms with van der Waals surface area (Å²) in [4.78, 5) is 0. The van der Waals surface area contributed by atoms with Crippen LogP contribution >= 0.6 is 22.6 Å². The second-order valence-corrected chi connectivity index (χ2v) is 4.98. The first-order chi connectivity index (χ1) is 9.41. The van der Waals surface area contributed by atoms with E-state index in [9.17, 15) is 13.2 Å². The molecule has 2 nitrogen and oxygen atoms in total. The molecule has 2 aromatic carbocycles. The van der Waals surface area contributed by atoms with Crippen LogP contribution in [0.3, 0.4) is 0 Å². The molecule has 6 heteroatoms. The van der Waals surface area contributed by atoms with Crippen molar-refractivity contribution in [3.05, 3.63) is 51.6 Å². The molecule has 0 aliphatic rings. The van der Waals surface area contributed by atoms with Crippen molar-refractivity contribution in [3.8, 4) is 17.2 Å². The van der Waals surface area contributed by atoms with Crippen LogP contribution in [0.4, 0.5) is 13.2 Å². The predicted octanol–water partition coefficient (Wildman–Crippen LogP) is 5.11. The number of hydrogen-bond donors (Lipinski definition) is 0. The summed E-state index contributed by atoms with van der Waals surface area (Å²) in [5, 5.41) is 0. The van der Waals surface area contributed by atoms with Gasteiger partial charge in [0.25, 0.3) is 0 Å². The molecule has 0 aliphatic heterocycles. The Morgan fingerprint density at radius 1 is 0.950 bits per heavy atom. The van der Waals surface area contributed by atoms with Crippen molar-refractivity contribution in [2.75, 3.05) is 7.11 Å². The molecule has 0 aliphatic carbocycles. The van der Waals surface area contributed by atoms with Gasteiger partial charge in [-0.1, -0.05) is 6.07 Å². The minimum absolute atomic E-state index is 0.337. The lowest BCUT2D eigenvalue weighted by Crippen LogP contribution is -2.04. The number of ether oxygens (including phenoxy) is 2. The lowest BCUT2D eigenvalue weighted by atomic mass is 10.2. The molecule has 0 atom stereocenters. The summed E-state index contributed by atoms with van der Waals surface area (Å²) >= 11 is 2.06. The standard InChI is InChI=1S/C14H10F3IO2/c1-19-11-3-2-4-12(13(11)18)20-10-7-5-9(6-8-10)14(15,16)17/h2-8H,1H3. The van der Waals surface area contributed by atoms with Gasteiger partial charge < -0.3 is 9.47 Å². The highest BCUT2D eigenvalue weighted by molar-refractivity contribution is 14.1. The van der Waals surface area contributed by atoms with Gasteiger partial charge in [-0.3, -0.25) is 0 Å². The van der Waals surface area contributed by atoms with Gasteiger partial charge in [-0.05, 0) is 59.0 Å². The van der Waals surface area contributed by atoms with Crippen LogP contribution < -0.4 is 9.47 Å². The minimum Gasteiger partial charge on any atom is -0.496 e. The largest absolute Gasteiger partial charge is 0.496 e. The molecule has 0 saturated carbocycles. The van der Waals surface area contributed by atoms with Gasteiger partial charge in [-0.15, -0.1) is 0 Å². The second kappa shape index (κ2) is 5.90. The zero-order valence-electron chi connectivity index (χ0n) is 10.4. The lowest BCUT2D eigenvalue weighted by Gasteiger charge is -2.11. The highest BCUT2D eigenvalue weighted by atomic mass is 127. The Morgan fingerprint density at radius 2 is 1.55 bits per heavy atom. The monoisotopic (exact) mass is 394 g/mol. The zero-order chi connectivity index (χ0) is 14.8. The maximum atomic E-state index is 12.5. The number of hydrogen-bond acceptors (Lipinski definition) is 2. The molecular formula is C14H10F3IO2. The number of alkyl halides is 3. The summed E-state index contributed by atoms with van der Waals surface area (Å²) in [5.41, 5.74) is -0.704. The molecule has 0 N–H and O–H groups in total. The zero-order valence-corrected chi connectivity index (χ0v) is 12.5. The topological polar surface area (TPSA) is 18.5 Å². The normalized spacial score (nSPS) is 11.2. The molecule has 2 aromatic rings. The van der Waals surface area contributed by atoms with E-state index >= 15 is 0 Å². The van der Waals surface area contributed by atoms with Crippen molar-refractivity contribution < 1.29 is 22.6 Å². The van der Waals surface area contributed by atoms with Crippen LogP contribution in [0.1, 0.15) is 5.56 Å². The predicted molar refractivity (Wildman–Crippen MR) is 77.2 cm³/mol. The van der Waals surface area contributed by atoms with E-state index in [2.05, 4.69) is 22.6 Å². The third-order valence-corrected chi connectivity index (χ3v) is 3.62. The van der Waals surface area contributed by atoms with E-state index in [0.717, 1.165) is 15.7 Å². The van der Waals surface area contributed by atoms with Gasteiger partial charge in [0.1, 0.15) is 17.2 Å². The first kappa shape index (κ1) is 15.0. The van der Waals surface area contributed by atoms with Crippen LogP contribution in [0.25, 0.3) is 0 Å². The van der Waals surface area contributed by atoms with E-state index in [1.807, 2.05) is 0 Å². The van der Waals surface area contributed by atoms with Crippen LogP contribution in [-0.4, -0.2) is 7.11 Å². The summed E-state index contributed by atoms with van der Waals surface area (Å²) in [7, 11) is 1.54. The Morgan fingerprint density at radius 3 is 2.10 bits per heavy atom. The molecular weight excluding hydrogens is 384 g/mol. The molecule has 106 valence electrons. The van der Waals surface area contributed by atoms with E-state index in [0.29, 0.717) is 17.2 Å². The first-order valence-electron chi connectivity index (χ1n) is 5.59. The highest BCUT2D eigenvalue weighted by Gasteiger charge is 2.30. The fraction of sp³-hybridized carbons (Fsp3) is 0.143. The molecule has 0 spiro atoms. The summed E-state index contributed by atoms with van der Waals surface area (Å²) < 4.78 is 48.8. The van der Waals surface area contributed by atoms with E-state index < -0.39 is 11.7 Å². The fourth-order valence-electron chi connectivity index (χ4n) is 1.57. The number of benzene rings is 2. The van der Waals surface area contributed by atoms with Gasteiger partial charge in [0.15, 0.2) is 0 Å². The molecule has 0 aromatic heterocycles. The molecule has 0 radical (unpaired) electrons. The van der Waals surface area contributed by atoms with Crippen molar-refractivity contribution in [2.45, 2.75) is 6.18 Å². The van der Waals surface area contributed by atoms with Gasteiger partial charge in [-0.25, -0.2) is 0 Å². The Bertz CT molecular complexity index is 594. The molecule has 20 heavy (non-hydrogen) atoms. The van der Waals surface area contributed by atoms with Crippen molar-refractivity contribution in [1.29, 1.82) is 0 Å². The smallest absolute Gasteiger partial charge is 0.416 e. The molecule has 0 heterocycles. The van der Waals surface area contributed by atoms with Gasteiger partial charge in [-0.2, -0.15) is 13.2 Å². The first-order valence-corrected chi connectivity index (χ1v) is 6.67. The molecule has 2 rings (SSSR count). The molecule has 0 bridgehead atoms. The molecule has 0 unspecified atom stereocenters. The van der Waals surface area contributed by atoms with Crippen LogP contribution in [0.2, 0.25) is 0 Å². The average Bonchev–Trinajstić information content (AvgIpc) is 2.41. The van der Waals surface area contributed by atoms with Crippen LogP contribution in [0.5, 0.6) is 17.2 Å². The maximum absolute atomic E-state index is 12.5. The van der Waals surface area contributed by atoms with E-state index in [-0.39, 0.29) is 0 Å². The Balaban J connectivity index is 2.23. The fourth-order valence-corrected chi connectivity index (χ4v) is 2.26. The summed E-state index contributed by atoms with van der Waals surface area (Å²) in [5.74, 6) is 1.52. The second-order valence-electron chi connectivity index (χ2n) is 3.90. The highest BCUT2D eigenvalue weighted by Crippen LogP contribution is 2.34. The summed E-state index contributed by atoms with van der Waals surface area (Å²) in [6, 6.07) is 9.81. The number of rotatable bonds is 3. The Labute approximate surface area is 127 Å². The van der Waals surface area contributed by atoms with E-state index in [4.69, 9.17) is 9.47 Å². The van der Waals surface area contributed by atoms with Gasteiger partial charge in [0, 0.05) is 0 Å². The van der Waals surface area contributed by atoms with Crippen LogP contribution in [-0.2, 0) is 6.18 Å².